The Morgan fingerprint density at radius 3 is 3.11 bits per heavy atom. The number of rotatable bonds is 5. The summed E-state index contributed by atoms with van der Waals surface area (Å²) in [4.78, 5) is 14.8. The Bertz CT molecular complexity index is 961. The molecule has 1 aliphatic carbocycles. The molecule has 1 aromatic carbocycles. The van der Waals surface area contributed by atoms with Crippen LogP contribution in [0.3, 0.4) is 0 Å². The lowest BCUT2D eigenvalue weighted by atomic mass is 9.90. The molecule has 4 rings (SSSR count). The molecule has 140 valence electrons. The SMILES string of the molecule is CC1CCc2sc(C(=O)NCc3cccc(-n4cc(CN)nn4)c3)cc2C1. The highest BCUT2D eigenvalue weighted by Gasteiger charge is 2.20. The largest absolute Gasteiger partial charge is 0.347 e. The first kappa shape index (κ1) is 17.9. The molecule has 2 aromatic heterocycles. The number of nitrogens with one attached hydrogen (secondary N) is 1. The minimum Gasteiger partial charge on any atom is -0.347 e. The Kier molecular flexibility index (Phi) is 5.05. The van der Waals surface area contributed by atoms with Gasteiger partial charge in [0, 0.05) is 18.0 Å². The summed E-state index contributed by atoms with van der Waals surface area (Å²) >= 11 is 1.64. The predicted molar refractivity (Wildman–Crippen MR) is 106 cm³/mol. The third kappa shape index (κ3) is 3.94. The third-order valence-electron chi connectivity index (χ3n) is 4.93. The highest BCUT2D eigenvalue weighted by Crippen LogP contribution is 2.32. The summed E-state index contributed by atoms with van der Waals surface area (Å²) in [5, 5.41) is 11.1. The molecular formula is C20H23N5OS. The molecule has 0 radical (unpaired) electrons. The van der Waals surface area contributed by atoms with Crippen molar-refractivity contribution in [3.63, 3.8) is 0 Å². The fourth-order valence-corrected chi connectivity index (χ4v) is 4.54. The molecule has 1 atom stereocenters. The van der Waals surface area contributed by atoms with E-state index < -0.39 is 0 Å². The molecule has 0 bridgehead atoms. The van der Waals surface area contributed by atoms with E-state index in [9.17, 15) is 4.79 Å². The van der Waals surface area contributed by atoms with Gasteiger partial charge in [0.15, 0.2) is 0 Å². The molecule has 0 saturated heterocycles. The maximum absolute atomic E-state index is 12.6. The normalized spacial score (nSPS) is 16.1. The number of carbonyl (C=O) groups excluding carboxylic acids is 1. The summed E-state index contributed by atoms with van der Waals surface area (Å²) in [6, 6.07) is 9.97. The molecule has 2 heterocycles. The number of aromatic nitrogens is 3. The molecule has 3 N–H and O–H groups in total. The van der Waals surface area contributed by atoms with E-state index >= 15 is 0 Å². The van der Waals surface area contributed by atoms with Gasteiger partial charge in [0.2, 0.25) is 0 Å². The van der Waals surface area contributed by atoms with Crippen LogP contribution in [0.5, 0.6) is 0 Å². The van der Waals surface area contributed by atoms with E-state index in [1.165, 1.54) is 16.9 Å². The van der Waals surface area contributed by atoms with Crippen LogP contribution in [0.2, 0.25) is 0 Å². The van der Waals surface area contributed by atoms with E-state index in [4.69, 9.17) is 5.73 Å². The number of nitrogens with zero attached hydrogens (tertiary/aromatic N) is 3. The van der Waals surface area contributed by atoms with E-state index in [0.29, 0.717) is 19.0 Å². The van der Waals surface area contributed by atoms with Crippen LogP contribution in [0, 0.1) is 5.92 Å². The molecule has 6 nitrogen and oxygen atoms in total. The lowest BCUT2D eigenvalue weighted by Gasteiger charge is -2.16. The summed E-state index contributed by atoms with van der Waals surface area (Å²) in [6.45, 7) is 3.11. The fourth-order valence-electron chi connectivity index (χ4n) is 3.41. The molecule has 1 aliphatic rings. The summed E-state index contributed by atoms with van der Waals surface area (Å²) < 4.78 is 1.70. The smallest absolute Gasteiger partial charge is 0.261 e. The van der Waals surface area contributed by atoms with Crippen molar-refractivity contribution in [2.75, 3.05) is 0 Å². The average molecular weight is 382 g/mol. The molecule has 1 amide bonds. The third-order valence-corrected chi connectivity index (χ3v) is 6.17. The van der Waals surface area contributed by atoms with E-state index in [1.54, 1.807) is 16.0 Å². The molecule has 0 saturated carbocycles. The molecular weight excluding hydrogens is 358 g/mol. The molecule has 0 fully saturated rings. The maximum Gasteiger partial charge on any atom is 0.261 e. The molecule has 27 heavy (non-hydrogen) atoms. The number of hydrogen-bond acceptors (Lipinski definition) is 5. The second-order valence-electron chi connectivity index (χ2n) is 7.12. The van der Waals surface area contributed by atoms with Crippen LogP contribution in [0.1, 0.15) is 44.7 Å². The van der Waals surface area contributed by atoms with Crippen LogP contribution >= 0.6 is 11.3 Å². The highest BCUT2D eigenvalue weighted by molar-refractivity contribution is 7.14. The zero-order chi connectivity index (χ0) is 18.8. The standard InChI is InChI=1S/C20H23N5OS/c1-13-5-6-18-15(7-13)9-19(27-18)20(26)22-11-14-3-2-4-17(8-14)25-12-16(10-21)23-24-25/h2-4,8-9,12-13H,5-7,10-11,21H2,1H3,(H,22,26). The molecule has 7 heteroatoms. The van der Waals surface area contributed by atoms with Crippen molar-refractivity contribution < 1.29 is 4.79 Å². The molecule has 0 spiro atoms. The predicted octanol–water partition coefficient (Wildman–Crippen LogP) is 2.84. The number of amides is 1. The van der Waals surface area contributed by atoms with Crippen molar-refractivity contribution in [2.24, 2.45) is 11.7 Å². The fraction of sp³-hybridized carbons (Fsp3) is 0.350. The number of fused-ring (bicyclic) bond motifs is 1. The van der Waals surface area contributed by atoms with Crippen LogP contribution in [-0.2, 0) is 25.9 Å². The van der Waals surface area contributed by atoms with Crippen LogP contribution in [0.4, 0.5) is 0 Å². The van der Waals surface area contributed by atoms with Crippen molar-refractivity contribution in [3.05, 3.63) is 63.1 Å². The van der Waals surface area contributed by atoms with Gasteiger partial charge in [0.05, 0.1) is 22.5 Å². The minimum absolute atomic E-state index is 0.00127. The van der Waals surface area contributed by atoms with Gasteiger partial charge in [-0.15, -0.1) is 16.4 Å². The average Bonchev–Trinajstić information content (AvgIpc) is 3.33. The maximum atomic E-state index is 12.6. The van der Waals surface area contributed by atoms with Crippen LogP contribution in [0.25, 0.3) is 5.69 Å². The summed E-state index contributed by atoms with van der Waals surface area (Å²) in [5.74, 6) is 0.709. The topological polar surface area (TPSA) is 85.8 Å². The first-order valence-electron chi connectivity index (χ1n) is 9.23. The lowest BCUT2D eigenvalue weighted by molar-refractivity contribution is 0.0955. The van der Waals surface area contributed by atoms with E-state index in [1.807, 2.05) is 30.5 Å². The van der Waals surface area contributed by atoms with Gasteiger partial charge in [-0.3, -0.25) is 4.79 Å². The quantitative estimate of drug-likeness (QED) is 0.712. The van der Waals surface area contributed by atoms with Crippen molar-refractivity contribution in [3.8, 4) is 5.69 Å². The monoisotopic (exact) mass is 381 g/mol. The first-order chi connectivity index (χ1) is 13.1. The van der Waals surface area contributed by atoms with E-state index in [-0.39, 0.29) is 5.91 Å². The Hall–Kier alpha value is -2.51. The molecule has 0 aliphatic heterocycles. The van der Waals surface area contributed by atoms with Crippen molar-refractivity contribution in [1.29, 1.82) is 0 Å². The molecule has 3 aromatic rings. The van der Waals surface area contributed by atoms with Gasteiger partial charge in [-0.05, 0) is 54.5 Å². The number of hydrogen-bond donors (Lipinski definition) is 2. The zero-order valence-electron chi connectivity index (χ0n) is 15.3. The van der Waals surface area contributed by atoms with Gasteiger partial charge in [-0.1, -0.05) is 24.3 Å². The first-order valence-corrected chi connectivity index (χ1v) is 10.0. The van der Waals surface area contributed by atoms with Crippen LogP contribution in [0.15, 0.2) is 36.5 Å². The van der Waals surface area contributed by atoms with Gasteiger partial charge >= 0.3 is 0 Å². The number of nitrogens with two attached hydrogens (primary N) is 1. The summed E-state index contributed by atoms with van der Waals surface area (Å²) in [5.41, 5.74) is 9.60. The van der Waals surface area contributed by atoms with Crippen molar-refractivity contribution in [1.82, 2.24) is 20.3 Å². The summed E-state index contributed by atoms with van der Waals surface area (Å²) in [7, 11) is 0. The second-order valence-corrected chi connectivity index (χ2v) is 8.25. The minimum atomic E-state index is -0.00127. The number of aryl methyl sites for hydroxylation is 1. The highest BCUT2D eigenvalue weighted by atomic mass is 32.1. The summed E-state index contributed by atoms with van der Waals surface area (Å²) in [6.07, 6.45) is 5.22. The van der Waals surface area contributed by atoms with Gasteiger partial charge in [-0.2, -0.15) is 0 Å². The van der Waals surface area contributed by atoms with E-state index in [2.05, 4.69) is 28.6 Å². The Morgan fingerprint density at radius 2 is 2.30 bits per heavy atom. The lowest BCUT2D eigenvalue weighted by Crippen LogP contribution is -2.21. The Balaban J connectivity index is 1.43. The van der Waals surface area contributed by atoms with Crippen molar-refractivity contribution in [2.45, 2.75) is 39.3 Å². The van der Waals surface area contributed by atoms with Gasteiger partial charge in [0.25, 0.3) is 5.91 Å². The number of benzene rings is 1. The van der Waals surface area contributed by atoms with Crippen molar-refractivity contribution >= 4 is 17.2 Å². The zero-order valence-corrected chi connectivity index (χ0v) is 16.1. The Morgan fingerprint density at radius 1 is 1.41 bits per heavy atom. The van der Waals surface area contributed by atoms with E-state index in [0.717, 1.165) is 34.7 Å². The second kappa shape index (κ2) is 7.62. The number of thiophene rings is 1. The number of carbonyl (C=O) groups is 1. The van der Waals surface area contributed by atoms with Crippen LogP contribution in [-0.4, -0.2) is 20.9 Å². The molecule has 1 unspecified atom stereocenters. The Labute approximate surface area is 162 Å². The van der Waals surface area contributed by atoms with Gasteiger partial charge < -0.3 is 11.1 Å². The van der Waals surface area contributed by atoms with Crippen LogP contribution < -0.4 is 11.1 Å². The van der Waals surface area contributed by atoms with Gasteiger partial charge in [-0.25, -0.2) is 4.68 Å². The van der Waals surface area contributed by atoms with Gasteiger partial charge in [0.1, 0.15) is 0 Å².